The molecule has 0 aromatic rings. The molecule has 2 amide bonds. The normalized spacial score (nSPS) is 11.0. The lowest BCUT2D eigenvalue weighted by Gasteiger charge is -2.24. The Labute approximate surface area is 146 Å². The Morgan fingerprint density at radius 3 is 1.52 bits per heavy atom. The Morgan fingerprint density at radius 1 is 0.783 bits per heavy atom. The molecular weight excluding hydrogens is 328 g/mol. The summed E-state index contributed by atoms with van der Waals surface area (Å²) in [5, 5.41) is 0.859. The van der Waals surface area contributed by atoms with Gasteiger partial charge in [-0.15, -0.1) is 5.06 Å². The van der Waals surface area contributed by atoms with Crippen LogP contribution in [0.15, 0.2) is 0 Å². The predicted octanol–water partition coefficient (Wildman–Crippen LogP) is 6.30. The zero-order chi connectivity index (χ0) is 17.5. The minimum Gasteiger partial charge on any atom is -0.267 e. The number of nitrogens with zero attached hydrogens (tertiary/aromatic N) is 1. The smallest absolute Gasteiger partial charge is 0.267 e. The van der Waals surface area contributed by atoms with Crippen molar-refractivity contribution in [2.75, 3.05) is 0 Å². The summed E-state index contributed by atoms with van der Waals surface area (Å²) in [6, 6.07) is 0. The number of rotatable bonds is 14. The first-order chi connectivity index (χ1) is 11.0. The van der Waals surface area contributed by atoms with Gasteiger partial charge in [0, 0.05) is 0 Å². The standard InChI is InChI=1S/C17H35NO3P2/c1-3-5-7-9-11-13-15(14-12-10-8-6-4-2)21-18(16(19)22)17(20)23/h15H,3-14,22-23H2,1-2H3. The molecule has 0 aliphatic rings. The van der Waals surface area contributed by atoms with Gasteiger partial charge < -0.3 is 0 Å². The van der Waals surface area contributed by atoms with Crippen LogP contribution in [0.2, 0.25) is 0 Å². The van der Waals surface area contributed by atoms with E-state index in [1.54, 1.807) is 0 Å². The second kappa shape index (κ2) is 15.5. The maximum atomic E-state index is 11.5. The van der Waals surface area contributed by atoms with Gasteiger partial charge in [-0.25, -0.2) is 0 Å². The van der Waals surface area contributed by atoms with Gasteiger partial charge in [0.2, 0.25) is 0 Å². The van der Waals surface area contributed by atoms with Gasteiger partial charge in [-0.2, -0.15) is 0 Å². The van der Waals surface area contributed by atoms with Crippen molar-refractivity contribution >= 4 is 29.8 Å². The summed E-state index contributed by atoms with van der Waals surface area (Å²) in [7, 11) is 4.01. The lowest BCUT2D eigenvalue weighted by Crippen LogP contribution is -2.33. The van der Waals surface area contributed by atoms with Crippen molar-refractivity contribution in [3.05, 3.63) is 0 Å². The van der Waals surface area contributed by atoms with Gasteiger partial charge >= 0.3 is 0 Å². The summed E-state index contributed by atoms with van der Waals surface area (Å²) < 4.78 is 0. The highest BCUT2D eigenvalue weighted by molar-refractivity contribution is 7.43. The summed E-state index contributed by atoms with van der Waals surface area (Å²) in [4.78, 5) is 28.6. The molecule has 0 aromatic carbocycles. The first-order valence-electron chi connectivity index (χ1n) is 9.08. The van der Waals surface area contributed by atoms with Gasteiger partial charge in [0.25, 0.3) is 11.3 Å². The van der Waals surface area contributed by atoms with Crippen molar-refractivity contribution < 1.29 is 14.4 Å². The second-order valence-corrected chi connectivity index (χ2v) is 7.09. The van der Waals surface area contributed by atoms with Crippen LogP contribution in [-0.2, 0) is 4.84 Å². The molecule has 0 fully saturated rings. The number of amides is 2. The molecule has 0 aliphatic heterocycles. The van der Waals surface area contributed by atoms with E-state index in [9.17, 15) is 9.59 Å². The van der Waals surface area contributed by atoms with Crippen molar-refractivity contribution in [3.8, 4) is 0 Å². The number of hydrogen-bond donors (Lipinski definition) is 0. The van der Waals surface area contributed by atoms with Crippen LogP contribution < -0.4 is 0 Å². The highest BCUT2D eigenvalue weighted by atomic mass is 31.0. The molecule has 2 unspecified atom stereocenters. The molecule has 0 heterocycles. The maximum absolute atomic E-state index is 11.5. The molecule has 0 aliphatic carbocycles. The number of imide groups is 1. The van der Waals surface area contributed by atoms with Gasteiger partial charge in [-0.3, -0.25) is 14.4 Å². The summed E-state index contributed by atoms with van der Waals surface area (Å²) in [6.45, 7) is 4.41. The molecule has 0 saturated carbocycles. The molecule has 4 nitrogen and oxygen atoms in total. The van der Waals surface area contributed by atoms with Gasteiger partial charge in [-0.05, 0) is 31.3 Å². The van der Waals surface area contributed by atoms with Crippen LogP contribution in [0.1, 0.15) is 90.9 Å². The highest BCUT2D eigenvalue weighted by Gasteiger charge is 2.20. The fourth-order valence-corrected chi connectivity index (χ4v) is 3.09. The summed E-state index contributed by atoms with van der Waals surface area (Å²) >= 11 is 0. The van der Waals surface area contributed by atoms with E-state index < -0.39 is 11.3 Å². The number of unbranched alkanes of at least 4 members (excludes halogenated alkanes) is 8. The van der Waals surface area contributed by atoms with Gasteiger partial charge in [-0.1, -0.05) is 78.1 Å². The van der Waals surface area contributed by atoms with Crippen LogP contribution in [0.5, 0.6) is 0 Å². The molecule has 0 spiro atoms. The van der Waals surface area contributed by atoms with Crippen molar-refractivity contribution in [1.82, 2.24) is 5.06 Å². The maximum Gasteiger partial charge on any atom is 0.268 e. The van der Waals surface area contributed by atoms with E-state index in [-0.39, 0.29) is 6.10 Å². The molecule has 0 saturated heterocycles. The Balaban J connectivity index is 4.29. The number of carbonyl (C=O) groups excluding carboxylic acids is 2. The Hall–Kier alpha value is -0.0400. The monoisotopic (exact) mass is 363 g/mol. The van der Waals surface area contributed by atoms with Gasteiger partial charge in [0.05, 0.1) is 6.10 Å². The molecule has 136 valence electrons. The second-order valence-electron chi connectivity index (χ2n) is 6.10. The third-order valence-electron chi connectivity index (χ3n) is 3.91. The lowest BCUT2D eigenvalue weighted by molar-refractivity contribution is -0.119. The van der Waals surface area contributed by atoms with E-state index in [2.05, 4.69) is 13.8 Å². The number of hydroxylamine groups is 2. The topological polar surface area (TPSA) is 46.6 Å². The molecule has 2 atom stereocenters. The fraction of sp³-hybridized carbons (Fsp3) is 0.882. The largest absolute Gasteiger partial charge is 0.268 e. The van der Waals surface area contributed by atoms with E-state index >= 15 is 0 Å². The summed E-state index contributed by atoms with van der Waals surface area (Å²) in [5.74, 6) is 0. The summed E-state index contributed by atoms with van der Waals surface area (Å²) in [5.41, 5.74) is -0.876. The van der Waals surface area contributed by atoms with E-state index in [1.807, 2.05) is 18.5 Å². The van der Waals surface area contributed by atoms with Crippen molar-refractivity contribution in [1.29, 1.82) is 0 Å². The molecule has 0 rings (SSSR count). The van der Waals surface area contributed by atoms with E-state index in [1.165, 1.54) is 51.4 Å². The van der Waals surface area contributed by atoms with Crippen LogP contribution in [-0.4, -0.2) is 22.5 Å². The van der Waals surface area contributed by atoms with E-state index in [0.717, 1.165) is 30.7 Å². The Morgan fingerprint density at radius 2 is 1.17 bits per heavy atom. The predicted molar refractivity (Wildman–Crippen MR) is 104 cm³/mol. The first-order valence-corrected chi connectivity index (χ1v) is 10.2. The molecular formula is C17H35NO3P2. The van der Waals surface area contributed by atoms with Gasteiger partial charge in [0.15, 0.2) is 0 Å². The summed E-state index contributed by atoms with van der Waals surface area (Å²) in [6.07, 6.45) is 13.8. The first kappa shape index (κ1) is 23.0. The Bertz CT molecular complexity index is 299. The van der Waals surface area contributed by atoms with Crippen LogP contribution in [0.25, 0.3) is 0 Å². The zero-order valence-electron chi connectivity index (χ0n) is 14.9. The quantitative estimate of drug-likeness (QED) is 0.207. The van der Waals surface area contributed by atoms with Crippen molar-refractivity contribution in [2.24, 2.45) is 0 Å². The highest BCUT2D eigenvalue weighted by Crippen LogP contribution is 2.19. The van der Waals surface area contributed by atoms with Crippen LogP contribution >= 0.6 is 18.5 Å². The average molecular weight is 363 g/mol. The van der Waals surface area contributed by atoms with Crippen molar-refractivity contribution in [3.63, 3.8) is 0 Å². The minimum absolute atomic E-state index is 0.0488. The third-order valence-corrected chi connectivity index (χ3v) is 4.38. The zero-order valence-corrected chi connectivity index (χ0v) is 17.2. The average Bonchev–Trinajstić information content (AvgIpc) is 2.50. The molecule has 23 heavy (non-hydrogen) atoms. The SMILES string of the molecule is CCCCCCCC(CCCCCCC)ON(C(=O)P)C(=O)P. The van der Waals surface area contributed by atoms with Crippen LogP contribution in [0, 0.1) is 0 Å². The number of hydrogen-bond acceptors (Lipinski definition) is 3. The van der Waals surface area contributed by atoms with E-state index in [0.29, 0.717) is 0 Å². The van der Waals surface area contributed by atoms with Crippen LogP contribution in [0.3, 0.4) is 0 Å². The minimum atomic E-state index is -0.438. The Kier molecular flexibility index (Phi) is 15.5. The molecule has 0 aromatic heterocycles. The van der Waals surface area contributed by atoms with Crippen molar-refractivity contribution in [2.45, 2.75) is 97.0 Å². The fourth-order valence-electron chi connectivity index (χ4n) is 2.56. The number of carbonyl (C=O) groups is 2. The third kappa shape index (κ3) is 13.0. The van der Waals surface area contributed by atoms with E-state index in [4.69, 9.17) is 4.84 Å². The molecule has 0 radical (unpaired) electrons. The van der Waals surface area contributed by atoms with Crippen LogP contribution in [0.4, 0.5) is 9.59 Å². The lowest BCUT2D eigenvalue weighted by atomic mass is 10.0. The molecule has 6 heteroatoms. The molecule has 0 N–H and O–H groups in total. The van der Waals surface area contributed by atoms with Gasteiger partial charge in [0.1, 0.15) is 0 Å². The molecule has 0 bridgehead atoms.